The molecule has 1 unspecified atom stereocenters. The van der Waals surface area contributed by atoms with Crippen molar-refractivity contribution in [2.45, 2.75) is 38.0 Å². The van der Waals surface area contributed by atoms with Gasteiger partial charge in [0.15, 0.2) is 4.80 Å². The number of sulfonamides is 1. The molecular formula is C23H27N3O3S2. The van der Waals surface area contributed by atoms with Gasteiger partial charge in [-0.3, -0.25) is 4.79 Å². The van der Waals surface area contributed by atoms with Crippen molar-refractivity contribution in [3.8, 4) is 0 Å². The van der Waals surface area contributed by atoms with Gasteiger partial charge in [-0.2, -0.15) is 9.30 Å². The summed E-state index contributed by atoms with van der Waals surface area (Å²) in [6, 6.07) is 13.0. The number of piperidine rings is 1. The predicted octanol–water partition coefficient (Wildman–Crippen LogP) is 3.64. The van der Waals surface area contributed by atoms with Gasteiger partial charge in [0.2, 0.25) is 10.0 Å². The molecule has 1 amide bonds. The van der Waals surface area contributed by atoms with E-state index < -0.39 is 15.9 Å². The highest BCUT2D eigenvalue weighted by molar-refractivity contribution is 7.89. The van der Waals surface area contributed by atoms with Crippen LogP contribution < -0.4 is 4.80 Å². The fourth-order valence-electron chi connectivity index (χ4n) is 4.08. The molecule has 8 heteroatoms. The Balaban J connectivity index is 1.60. The Hall–Kier alpha value is -2.29. The second-order valence-corrected chi connectivity index (χ2v) is 11.0. The van der Waals surface area contributed by atoms with E-state index in [1.165, 1.54) is 21.2 Å². The van der Waals surface area contributed by atoms with Crippen LogP contribution in [-0.2, 0) is 28.3 Å². The molecule has 1 aliphatic rings. The quantitative estimate of drug-likeness (QED) is 0.601. The number of hydrogen-bond acceptors (Lipinski definition) is 4. The molecule has 1 atom stereocenters. The van der Waals surface area contributed by atoms with Crippen LogP contribution >= 0.6 is 11.3 Å². The Morgan fingerprint density at radius 3 is 2.65 bits per heavy atom. The van der Waals surface area contributed by atoms with E-state index in [1.807, 2.05) is 30.7 Å². The standard InChI is InChI=1S/C23H27N3O3S2/c1-4-17-7-5-9-20-21(17)25(3)23(30-20)24-22(27)18-8-6-14-26(15-18)31(28,29)19-12-10-16(2)11-13-19/h5,7,9-13,18H,4,6,8,14-15H2,1-3H3. The lowest BCUT2D eigenvalue weighted by atomic mass is 9.99. The van der Waals surface area contributed by atoms with Crippen LogP contribution in [0.15, 0.2) is 52.4 Å². The molecule has 0 N–H and O–H groups in total. The Labute approximate surface area is 186 Å². The highest BCUT2D eigenvalue weighted by Gasteiger charge is 2.33. The molecule has 1 aromatic heterocycles. The Bertz CT molecular complexity index is 1290. The second kappa shape index (κ2) is 8.68. The summed E-state index contributed by atoms with van der Waals surface area (Å²) in [6.45, 7) is 4.63. The van der Waals surface area contributed by atoms with Crippen LogP contribution in [0.2, 0.25) is 0 Å². The van der Waals surface area contributed by atoms with Crippen LogP contribution in [0.4, 0.5) is 0 Å². The maximum atomic E-state index is 13.0. The van der Waals surface area contributed by atoms with Gasteiger partial charge in [-0.1, -0.05) is 48.1 Å². The first kappa shape index (κ1) is 21.9. The number of fused-ring (bicyclic) bond motifs is 1. The van der Waals surface area contributed by atoms with E-state index in [9.17, 15) is 13.2 Å². The van der Waals surface area contributed by atoms with E-state index in [0.29, 0.717) is 24.2 Å². The van der Waals surface area contributed by atoms with Crippen LogP contribution in [0.5, 0.6) is 0 Å². The zero-order chi connectivity index (χ0) is 22.2. The largest absolute Gasteiger partial charge is 0.319 e. The van der Waals surface area contributed by atoms with Crippen LogP contribution in [-0.4, -0.2) is 36.3 Å². The van der Waals surface area contributed by atoms with Crippen molar-refractivity contribution in [3.63, 3.8) is 0 Å². The number of aryl methyl sites for hydroxylation is 3. The molecule has 3 aromatic rings. The third-order valence-electron chi connectivity index (χ3n) is 5.89. The molecule has 1 aliphatic heterocycles. The summed E-state index contributed by atoms with van der Waals surface area (Å²) in [5.74, 6) is -0.672. The summed E-state index contributed by atoms with van der Waals surface area (Å²) >= 11 is 1.49. The van der Waals surface area contributed by atoms with E-state index in [1.54, 1.807) is 24.3 Å². The number of amides is 1. The number of aromatic nitrogens is 1. The molecule has 0 radical (unpaired) electrons. The molecular weight excluding hydrogens is 430 g/mol. The molecule has 6 nitrogen and oxygen atoms in total. The first-order chi connectivity index (χ1) is 14.8. The molecule has 164 valence electrons. The molecule has 1 saturated heterocycles. The van der Waals surface area contributed by atoms with Gasteiger partial charge in [0.05, 0.1) is 21.0 Å². The third kappa shape index (κ3) is 4.24. The Morgan fingerprint density at radius 2 is 1.94 bits per heavy atom. The van der Waals surface area contributed by atoms with E-state index in [2.05, 4.69) is 18.0 Å². The van der Waals surface area contributed by atoms with Crippen molar-refractivity contribution in [2.75, 3.05) is 13.1 Å². The zero-order valence-corrected chi connectivity index (χ0v) is 19.7. The molecule has 0 saturated carbocycles. The normalized spacial score (nSPS) is 18.5. The first-order valence-corrected chi connectivity index (χ1v) is 12.8. The number of carbonyl (C=O) groups excluding carboxylic acids is 1. The minimum Gasteiger partial charge on any atom is -0.319 e. The molecule has 1 fully saturated rings. The number of rotatable bonds is 4. The fourth-order valence-corrected chi connectivity index (χ4v) is 6.68. The second-order valence-electron chi connectivity index (χ2n) is 8.03. The molecule has 2 aromatic carbocycles. The first-order valence-electron chi connectivity index (χ1n) is 10.5. The topological polar surface area (TPSA) is 71.7 Å². The monoisotopic (exact) mass is 457 g/mol. The van der Waals surface area contributed by atoms with Gasteiger partial charge in [0.1, 0.15) is 0 Å². The van der Waals surface area contributed by atoms with Gasteiger partial charge in [0.25, 0.3) is 5.91 Å². The maximum absolute atomic E-state index is 13.0. The van der Waals surface area contributed by atoms with Crippen LogP contribution in [0.25, 0.3) is 10.2 Å². The number of benzene rings is 2. The van der Waals surface area contributed by atoms with Crippen molar-refractivity contribution in [3.05, 3.63) is 58.4 Å². The average Bonchev–Trinajstić information content (AvgIpc) is 3.09. The Kier molecular flexibility index (Phi) is 6.14. The number of hydrogen-bond donors (Lipinski definition) is 0. The smallest absolute Gasteiger partial charge is 0.252 e. The van der Waals surface area contributed by atoms with Crippen LogP contribution in [0.3, 0.4) is 0 Å². The molecule has 4 rings (SSSR count). The number of carbonyl (C=O) groups is 1. The highest BCUT2D eigenvalue weighted by Crippen LogP contribution is 2.25. The van der Waals surface area contributed by atoms with Crippen molar-refractivity contribution in [1.29, 1.82) is 0 Å². The summed E-state index contributed by atoms with van der Waals surface area (Å²) in [4.78, 5) is 18.3. The van der Waals surface area contributed by atoms with Crippen molar-refractivity contribution < 1.29 is 13.2 Å². The van der Waals surface area contributed by atoms with Gasteiger partial charge in [-0.25, -0.2) is 8.42 Å². The summed E-state index contributed by atoms with van der Waals surface area (Å²) in [5, 5.41) is 0. The fraction of sp³-hybridized carbons (Fsp3) is 0.391. The number of nitrogens with zero attached hydrogens (tertiary/aromatic N) is 3. The van der Waals surface area contributed by atoms with E-state index in [4.69, 9.17) is 0 Å². The lowest BCUT2D eigenvalue weighted by molar-refractivity contribution is -0.122. The molecule has 0 bridgehead atoms. The van der Waals surface area contributed by atoms with Crippen molar-refractivity contribution in [1.82, 2.24) is 8.87 Å². The summed E-state index contributed by atoms with van der Waals surface area (Å²) in [6.07, 6.45) is 2.20. The lowest BCUT2D eigenvalue weighted by Gasteiger charge is -2.30. The Morgan fingerprint density at radius 1 is 1.19 bits per heavy atom. The zero-order valence-electron chi connectivity index (χ0n) is 18.0. The average molecular weight is 458 g/mol. The SMILES string of the molecule is CCc1cccc2sc(=NC(=O)C3CCCN(S(=O)(=O)c4ccc(C)cc4)C3)n(C)c12. The molecule has 31 heavy (non-hydrogen) atoms. The summed E-state index contributed by atoms with van der Waals surface area (Å²) in [5.41, 5.74) is 3.33. The summed E-state index contributed by atoms with van der Waals surface area (Å²) < 4.78 is 30.6. The van der Waals surface area contributed by atoms with E-state index in [-0.39, 0.29) is 17.3 Å². The van der Waals surface area contributed by atoms with Crippen molar-refractivity contribution in [2.24, 2.45) is 18.0 Å². The third-order valence-corrected chi connectivity index (χ3v) is 8.86. The predicted molar refractivity (Wildman–Crippen MR) is 123 cm³/mol. The number of para-hydroxylation sites is 1. The van der Waals surface area contributed by atoms with Gasteiger partial charge >= 0.3 is 0 Å². The highest BCUT2D eigenvalue weighted by atomic mass is 32.2. The molecule has 0 spiro atoms. The van der Waals surface area contributed by atoms with Gasteiger partial charge in [0, 0.05) is 20.1 Å². The summed E-state index contributed by atoms with van der Waals surface area (Å²) in [7, 11) is -1.69. The minimum absolute atomic E-state index is 0.174. The van der Waals surface area contributed by atoms with Crippen LogP contribution in [0.1, 0.15) is 30.9 Å². The van der Waals surface area contributed by atoms with Gasteiger partial charge in [-0.05, 0) is 49.9 Å². The maximum Gasteiger partial charge on any atom is 0.252 e. The molecule has 2 heterocycles. The van der Waals surface area contributed by atoms with Gasteiger partial charge in [-0.15, -0.1) is 0 Å². The number of thiazole rings is 1. The van der Waals surface area contributed by atoms with Crippen LogP contribution in [0, 0.1) is 12.8 Å². The van der Waals surface area contributed by atoms with E-state index in [0.717, 1.165) is 22.2 Å². The van der Waals surface area contributed by atoms with E-state index >= 15 is 0 Å². The van der Waals surface area contributed by atoms with Crippen molar-refractivity contribution >= 4 is 37.5 Å². The lowest BCUT2D eigenvalue weighted by Crippen LogP contribution is -2.42. The minimum atomic E-state index is -3.62. The molecule has 0 aliphatic carbocycles. The van der Waals surface area contributed by atoms with Gasteiger partial charge < -0.3 is 4.57 Å².